The summed E-state index contributed by atoms with van der Waals surface area (Å²) in [5.74, 6) is 0. The van der Waals surface area contributed by atoms with Gasteiger partial charge in [-0.3, -0.25) is 9.59 Å². The molecule has 0 aliphatic rings. The second-order valence-corrected chi connectivity index (χ2v) is 15.7. The molecule has 0 amide bonds. The van der Waals surface area contributed by atoms with Crippen LogP contribution in [0.15, 0.2) is 9.59 Å². The molecule has 306 valence electrons. The lowest BCUT2D eigenvalue weighted by Crippen LogP contribution is -2.41. The van der Waals surface area contributed by atoms with E-state index in [4.69, 9.17) is 5.73 Å². The lowest BCUT2D eigenvalue weighted by atomic mass is 10.1. The molecule has 2 atom stereocenters. The number of aliphatic hydroxyl groups excluding tert-OH is 2. The highest BCUT2D eigenvalue weighted by Crippen LogP contribution is 2.16. The first-order chi connectivity index (χ1) is 25.4. The predicted octanol–water partition coefficient (Wildman–Crippen LogP) is 8.20. The Balaban J connectivity index is 2.45. The fourth-order valence-electron chi connectivity index (χ4n) is 7.37. The zero-order chi connectivity index (χ0) is 38.1. The number of nitrogens with zero attached hydrogens (tertiary/aromatic N) is 2. The van der Waals surface area contributed by atoms with Crippen LogP contribution in [-0.4, -0.2) is 91.6 Å². The molecule has 2 unspecified atom stereocenters. The van der Waals surface area contributed by atoms with E-state index in [1.54, 1.807) is 7.05 Å². The molecule has 0 aliphatic heterocycles. The van der Waals surface area contributed by atoms with E-state index in [-0.39, 0.29) is 12.2 Å². The van der Waals surface area contributed by atoms with Gasteiger partial charge < -0.3 is 36.4 Å². The summed E-state index contributed by atoms with van der Waals surface area (Å²) in [6, 6.07) is 0. The molecule has 52 heavy (non-hydrogen) atoms. The number of nitrogens with one attached hydrogen (secondary N) is 2. The quantitative estimate of drug-likeness (QED) is 0.0334. The van der Waals surface area contributed by atoms with Gasteiger partial charge in [0.15, 0.2) is 0 Å². The molecule has 6 N–H and O–H groups in total. The molecule has 1 aromatic rings. The first-order valence-corrected chi connectivity index (χ1v) is 22.1. The van der Waals surface area contributed by atoms with Crippen LogP contribution in [0.2, 0.25) is 0 Å². The van der Waals surface area contributed by atoms with Crippen LogP contribution in [0.1, 0.15) is 181 Å². The Morgan fingerprint density at radius 2 is 0.808 bits per heavy atom. The maximum atomic E-state index is 12.0. The average molecular weight is 736 g/mol. The highest BCUT2D eigenvalue weighted by Gasteiger charge is 2.21. The van der Waals surface area contributed by atoms with Gasteiger partial charge in [0.1, 0.15) is 11.4 Å². The van der Waals surface area contributed by atoms with Gasteiger partial charge >= 0.3 is 0 Å². The number of unbranched alkanes of at least 4 members (excludes halogenated alkanes) is 23. The molecule has 0 bridgehead atoms. The fraction of sp³-hybridized carbons (Fsp3) is 0.907. The summed E-state index contributed by atoms with van der Waals surface area (Å²) in [6.45, 7) is 10.0. The molecule has 0 heterocycles. The minimum Gasteiger partial charge on any atom is -0.390 e. The normalized spacial score (nSPS) is 13.1. The maximum Gasteiger partial charge on any atom is 0.253 e. The monoisotopic (exact) mass is 736 g/mol. The van der Waals surface area contributed by atoms with Gasteiger partial charge in [-0.25, -0.2) is 0 Å². The second-order valence-electron chi connectivity index (χ2n) is 15.7. The van der Waals surface area contributed by atoms with Crippen LogP contribution in [0.3, 0.4) is 0 Å². The Hall–Kier alpha value is -1.52. The van der Waals surface area contributed by atoms with Gasteiger partial charge in [0.25, 0.3) is 10.9 Å². The number of anilines is 2. The Bertz CT molecular complexity index is 1000. The summed E-state index contributed by atoms with van der Waals surface area (Å²) in [4.78, 5) is 28.5. The van der Waals surface area contributed by atoms with Crippen LogP contribution in [0.4, 0.5) is 11.4 Å². The van der Waals surface area contributed by atoms with E-state index >= 15 is 0 Å². The Morgan fingerprint density at radius 3 is 1.15 bits per heavy atom. The van der Waals surface area contributed by atoms with Crippen molar-refractivity contribution in [3.05, 3.63) is 20.4 Å². The average Bonchev–Trinajstić information content (AvgIpc) is 3.14. The molecule has 1 rings (SSSR count). The van der Waals surface area contributed by atoms with Gasteiger partial charge in [-0.2, -0.15) is 0 Å². The zero-order valence-corrected chi connectivity index (χ0v) is 34.4. The van der Waals surface area contributed by atoms with E-state index in [0.717, 1.165) is 45.4 Å². The van der Waals surface area contributed by atoms with E-state index in [1.807, 2.05) is 0 Å². The molecule has 1 aromatic carbocycles. The van der Waals surface area contributed by atoms with Crippen molar-refractivity contribution in [2.75, 3.05) is 70.0 Å². The van der Waals surface area contributed by atoms with Gasteiger partial charge in [0.05, 0.1) is 12.2 Å². The van der Waals surface area contributed by atoms with Crippen molar-refractivity contribution >= 4 is 11.4 Å². The summed E-state index contributed by atoms with van der Waals surface area (Å²) in [7, 11) is 1.63. The molecule has 0 aromatic heterocycles. The molecule has 0 saturated heterocycles. The smallest absolute Gasteiger partial charge is 0.253 e. The summed E-state index contributed by atoms with van der Waals surface area (Å²) in [5, 5.41) is 27.0. The van der Waals surface area contributed by atoms with Crippen LogP contribution < -0.4 is 27.2 Å². The van der Waals surface area contributed by atoms with E-state index in [1.165, 1.54) is 148 Å². The number of rotatable bonds is 40. The van der Waals surface area contributed by atoms with Gasteiger partial charge in [-0.1, -0.05) is 155 Å². The summed E-state index contributed by atoms with van der Waals surface area (Å²) >= 11 is 0. The lowest BCUT2D eigenvalue weighted by molar-refractivity contribution is 0.109. The third-order valence-corrected chi connectivity index (χ3v) is 10.7. The van der Waals surface area contributed by atoms with E-state index < -0.39 is 23.1 Å². The minimum absolute atomic E-state index is 0.234. The van der Waals surface area contributed by atoms with Crippen LogP contribution in [0.25, 0.3) is 0 Å². The lowest BCUT2D eigenvalue weighted by Gasteiger charge is -2.27. The minimum atomic E-state index is -0.645. The summed E-state index contributed by atoms with van der Waals surface area (Å²) < 4.78 is 0. The van der Waals surface area contributed by atoms with Crippen LogP contribution >= 0.6 is 0 Å². The molecule has 0 aliphatic carbocycles. The van der Waals surface area contributed by atoms with E-state index in [2.05, 4.69) is 34.3 Å². The van der Waals surface area contributed by atoms with Gasteiger partial charge in [0, 0.05) is 33.2 Å². The van der Waals surface area contributed by atoms with E-state index in [0.29, 0.717) is 25.3 Å². The largest absolute Gasteiger partial charge is 0.390 e. The van der Waals surface area contributed by atoms with Crippen molar-refractivity contribution in [2.45, 2.75) is 193 Å². The molecule has 9 nitrogen and oxygen atoms in total. The molecular formula is C43H85N5O4. The number of nitrogens with two attached hydrogens (primary N) is 1. The van der Waals surface area contributed by atoms with Crippen molar-refractivity contribution in [1.82, 2.24) is 9.80 Å². The van der Waals surface area contributed by atoms with Crippen LogP contribution in [-0.2, 0) is 0 Å². The topological polar surface area (TPSA) is 131 Å². The van der Waals surface area contributed by atoms with Crippen molar-refractivity contribution in [3.63, 3.8) is 0 Å². The standard InChI is InChI=1S/C43H85N5O4/c1-4-6-8-10-12-14-16-18-20-22-24-26-30-47(36-38(49)34-44)32-28-29-33-48(31-27-25-23-21-19-17-15-13-11-9-7-5-2)37-39(50)35-46-41-40(45-3)42(51)43(41)52/h38-39,45-46,49-50H,4-37,44H2,1-3H3. The molecule has 0 radical (unpaired) electrons. The molecule has 9 heteroatoms. The Kier molecular flexibility index (Phi) is 31.7. The van der Waals surface area contributed by atoms with Crippen LogP contribution in [0.5, 0.6) is 0 Å². The third kappa shape index (κ3) is 24.7. The van der Waals surface area contributed by atoms with Crippen molar-refractivity contribution in [3.8, 4) is 0 Å². The summed E-state index contributed by atoms with van der Waals surface area (Å²) in [5.41, 5.74) is 5.35. The zero-order valence-electron chi connectivity index (χ0n) is 34.4. The first-order valence-electron chi connectivity index (χ1n) is 22.1. The van der Waals surface area contributed by atoms with Crippen molar-refractivity contribution in [1.29, 1.82) is 0 Å². The second kappa shape index (κ2) is 34.0. The highest BCUT2D eigenvalue weighted by atomic mass is 16.3. The van der Waals surface area contributed by atoms with Crippen molar-refractivity contribution < 1.29 is 10.2 Å². The van der Waals surface area contributed by atoms with Gasteiger partial charge in [-0.15, -0.1) is 0 Å². The van der Waals surface area contributed by atoms with Crippen LogP contribution in [0, 0.1) is 0 Å². The van der Waals surface area contributed by atoms with E-state index in [9.17, 15) is 19.8 Å². The molecule has 0 saturated carbocycles. The first kappa shape index (κ1) is 48.5. The Labute approximate surface area is 320 Å². The van der Waals surface area contributed by atoms with Crippen molar-refractivity contribution in [2.24, 2.45) is 5.73 Å². The fourth-order valence-corrected chi connectivity index (χ4v) is 7.37. The van der Waals surface area contributed by atoms with Gasteiger partial charge in [0.2, 0.25) is 0 Å². The molecule has 0 fully saturated rings. The SMILES string of the molecule is CCCCCCCCCCCCCCN(CCCCN(CCCCCCCCCCCCCC)CC(O)CNc1c(NC)c(=O)c1=O)CC(O)CN. The van der Waals surface area contributed by atoms with Gasteiger partial charge in [-0.05, 0) is 51.9 Å². The number of hydrogen-bond acceptors (Lipinski definition) is 9. The maximum absolute atomic E-state index is 12.0. The third-order valence-electron chi connectivity index (χ3n) is 10.7. The molecule has 0 spiro atoms. The Morgan fingerprint density at radius 1 is 0.500 bits per heavy atom. The predicted molar refractivity (Wildman–Crippen MR) is 225 cm³/mol. The summed E-state index contributed by atoms with van der Waals surface area (Å²) in [6.07, 6.45) is 32.8. The molecular weight excluding hydrogens is 651 g/mol. The number of aliphatic hydroxyl groups is 2. The highest BCUT2D eigenvalue weighted by molar-refractivity contribution is 5.73. The number of hydrogen-bond donors (Lipinski definition) is 5.